The summed E-state index contributed by atoms with van der Waals surface area (Å²) in [5.74, 6) is 0.579. The van der Waals surface area contributed by atoms with Gasteiger partial charge in [0.15, 0.2) is 5.13 Å². The normalized spacial score (nSPS) is 11.6. The monoisotopic (exact) mass is 590 g/mol. The van der Waals surface area contributed by atoms with Gasteiger partial charge >= 0.3 is 12.2 Å². The summed E-state index contributed by atoms with van der Waals surface area (Å²) >= 11 is 1.30. The van der Waals surface area contributed by atoms with Gasteiger partial charge in [-0.2, -0.15) is 0 Å². The van der Waals surface area contributed by atoms with E-state index in [9.17, 15) is 14.5 Å². The van der Waals surface area contributed by atoms with Crippen molar-refractivity contribution in [3.63, 3.8) is 0 Å². The molecule has 0 aliphatic carbocycles. The van der Waals surface area contributed by atoms with Gasteiger partial charge < -0.3 is 14.2 Å². The minimum absolute atomic E-state index is 0.267. The van der Waals surface area contributed by atoms with Crippen molar-refractivity contribution in [2.45, 2.75) is 59.2 Å². The Hall–Kier alpha value is -4.51. The molecule has 0 saturated heterocycles. The van der Waals surface area contributed by atoms with Crippen molar-refractivity contribution in [3.8, 4) is 16.9 Å². The molecule has 0 saturated carbocycles. The van der Waals surface area contributed by atoms with Gasteiger partial charge in [-0.25, -0.2) is 14.6 Å². The van der Waals surface area contributed by atoms with E-state index in [0.717, 1.165) is 15.8 Å². The molecule has 11 heteroatoms. The average Bonchev–Trinajstić information content (AvgIpc) is 3.28. The van der Waals surface area contributed by atoms with Crippen molar-refractivity contribution in [3.05, 3.63) is 70.6 Å². The lowest BCUT2D eigenvalue weighted by Gasteiger charge is -2.19. The first kappa shape index (κ1) is 30.4. The molecular weight excluding hydrogens is 556 g/mol. The molecule has 0 spiro atoms. The summed E-state index contributed by atoms with van der Waals surface area (Å²) in [6.07, 6.45) is -0.639. The highest BCUT2D eigenvalue weighted by Gasteiger charge is 2.23. The third-order valence-corrected chi connectivity index (χ3v) is 6.68. The molecule has 1 aromatic heterocycles. The van der Waals surface area contributed by atoms with Crippen LogP contribution in [0.5, 0.6) is 5.75 Å². The topological polar surface area (TPSA) is 128 Å². The lowest BCUT2D eigenvalue weighted by molar-refractivity contribution is 0.0624. The molecule has 2 N–H and O–H groups in total. The number of nitrogens with one attached hydrogen (secondary N) is 2. The van der Waals surface area contributed by atoms with Crippen LogP contribution >= 0.6 is 11.3 Å². The van der Waals surface area contributed by atoms with Crippen LogP contribution in [0.1, 0.15) is 52.7 Å². The summed E-state index contributed by atoms with van der Waals surface area (Å²) in [6, 6.07) is 16.3. The van der Waals surface area contributed by atoms with Gasteiger partial charge in [0.25, 0.3) is 0 Å². The van der Waals surface area contributed by atoms with Crippen LogP contribution in [0.4, 0.5) is 26.1 Å². The zero-order valence-electron chi connectivity index (χ0n) is 24.7. The Morgan fingerprint density at radius 1 is 0.905 bits per heavy atom. The second-order valence-corrected chi connectivity index (χ2v) is 12.6. The number of carbonyl (C=O) groups excluding carboxylic acids is 2. The largest absolute Gasteiger partial charge is 0.496 e. The first-order valence-electron chi connectivity index (χ1n) is 13.3. The molecular formula is C31H34N4O6S. The van der Waals surface area contributed by atoms with Crippen LogP contribution in [0.3, 0.4) is 0 Å². The number of ether oxygens (including phenoxy) is 3. The van der Waals surface area contributed by atoms with Crippen molar-refractivity contribution in [2.24, 2.45) is 5.18 Å². The molecule has 10 nitrogen and oxygen atoms in total. The summed E-state index contributed by atoms with van der Waals surface area (Å²) in [7, 11) is 1.58. The van der Waals surface area contributed by atoms with Gasteiger partial charge in [0.1, 0.15) is 22.6 Å². The number of benzene rings is 3. The van der Waals surface area contributed by atoms with Gasteiger partial charge in [-0.15, -0.1) is 4.91 Å². The number of anilines is 2. The van der Waals surface area contributed by atoms with Crippen LogP contribution in [0.2, 0.25) is 0 Å². The molecule has 4 aromatic rings. The Morgan fingerprint density at radius 2 is 1.55 bits per heavy atom. The van der Waals surface area contributed by atoms with E-state index in [4.69, 9.17) is 19.2 Å². The number of amides is 2. The van der Waals surface area contributed by atoms with E-state index in [-0.39, 0.29) is 5.69 Å². The number of hydrogen-bond acceptors (Lipinski definition) is 9. The molecule has 1 heterocycles. The van der Waals surface area contributed by atoms with Crippen LogP contribution in [0, 0.1) is 4.91 Å². The second kappa shape index (κ2) is 12.2. The fourth-order valence-electron chi connectivity index (χ4n) is 4.24. The maximum Gasteiger partial charge on any atom is 0.413 e. The Balaban J connectivity index is 1.73. The highest BCUT2D eigenvalue weighted by Crippen LogP contribution is 2.44. The van der Waals surface area contributed by atoms with Crippen LogP contribution in [-0.2, 0) is 15.9 Å². The van der Waals surface area contributed by atoms with E-state index >= 15 is 0 Å². The SMILES string of the molecule is COc1c(Cc2ccc(NC(=O)OC(C)(C)C)cc2)cc2sc(NC(=O)OC(C)(C)C)nc2c1-c1cccc(N=O)c1. The van der Waals surface area contributed by atoms with Crippen molar-refractivity contribution < 1.29 is 23.8 Å². The zero-order chi connectivity index (χ0) is 30.7. The number of carbonyl (C=O) groups is 2. The number of methoxy groups -OCH3 is 1. The summed E-state index contributed by atoms with van der Waals surface area (Å²) in [4.78, 5) is 40.6. The van der Waals surface area contributed by atoms with Crippen LogP contribution in [-0.4, -0.2) is 35.5 Å². The lowest BCUT2D eigenvalue weighted by Crippen LogP contribution is -2.27. The third kappa shape index (κ3) is 7.82. The molecule has 0 radical (unpaired) electrons. The van der Waals surface area contributed by atoms with E-state index in [1.54, 1.807) is 79.0 Å². The van der Waals surface area contributed by atoms with E-state index in [0.29, 0.717) is 39.6 Å². The van der Waals surface area contributed by atoms with Gasteiger partial charge in [0.05, 0.1) is 22.9 Å². The summed E-state index contributed by atoms with van der Waals surface area (Å²) in [6.45, 7) is 10.8. The first-order valence-corrected chi connectivity index (χ1v) is 14.1. The van der Waals surface area contributed by atoms with E-state index in [2.05, 4.69) is 15.8 Å². The van der Waals surface area contributed by atoms with Gasteiger partial charge in [0, 0.05) is 17.7 Å². The number of thiazole rings is 1. The number of nitroso groups, excluding NO2 is 1. The molecule has 0 bridgehead atoms. The second-order valence-electron chi connectivity index (χ2n) is 11.6. The van der Waals surface area contributed by atoms with Crippen molar-refractivity contribution in [1.82, 2.24) is 4.98 Å². The Kier molecular flexibility index (Phi) is 8.81. The highest BCUT2D eigenvalue weighted by molar-refractivity contribution is 7.22. The van der Waals surface area contributed by atoms with E-state index < -0.39 is 23.4 Å². The number of fused-ring (bicyclic) bond motifs is 1. The Bertz CT molecular complexity index is 1620. The van der Waals surface area contributed by atoms with Crippen molar-refractivity contribution in [2.75, 3.05) is 17.7 Å². The molecule has 4 rings (SSSR count). The molecule has 0 fully saturated rings. The first-order chi connectivity index (χ1) is 19.7. The molecule has 0 unspecified atom stereocenters. The molecule has 0 aliphatic rings. The van der Waals surface area contributed by atoms with E-state index in [1.165, 1.54) is 11.3 Å². The maximum absolute atomic E-state index is 12.5. The lowest BCUT2D eigenvalue weighted by atomic mass is 9.96. The van der Waals surface area contributed by atoms with Gasteiger partial charge in [-0.3, -0.25) is 10.6 Å². The van der Waals surface area contributed by atoms with Crippen LogP contribution < -0.4 is 15.4 Å². The predicted molar refractivity (Wildman–Crippen MR) is 166 cm³/mol. The van der Waals surface area contributed by atoms with Gasteiger partial charge in [-0.1, -0.05) is 35.6 Å². The number of nitrogens with zero attached hydrogens (tertiary/aromatic N) is 2. The average molecular weight is 591 g/mol. The smallest absolute Gasteiger partial charge is 0.413 e. The molecule has 42 heavy (non-hydrogen) atoms. The number of aromatic nitrogens is 1. The Labute approximate surface area is 248 Å². The number of rotatable bonds is 7. The zero-order valence-corrected chi connectivity index (χ0v) is 25.5. The van der Waals surface area contributed by atoms with Crippen molar-refractivity contribution >= 4 is 50.2 Å². The fourth-order valence-corrected chi connectivity index (χ4v) is 5.17. The van der Waals surface area contributed by atoms with Crippen LogP contribution in [0.25, 0.3) is 21.3 Å². The molecule has 0 aliphatic heterocycles. The summed E-state index contributed by atoms with van der Waals surface area (Å²) in [5, 5.41) is 8.91. The fraction of sp³-hybridized carbons (Fsp3) is 0.323. The molecule has 220 valence electrons. The van der Waals surface area contributed by atoms with Gasteiger partial charge in [-0.05, 0) is 88.2 Å². The van der Waals surface area contributed by atoms with Crippen LogP contribution in [0.15, 0.2) is 59.8 Å². The third-order valence-electron chi connectivity index (χ3n) is 5.76. The minimum atomic E-state index is -0.664. The summed E-state index contributed by atoms with van der Waals surface area (Å²) in [5.41, 5.74) is 3.41. The minimum Gasteiger partial charge on any atom is -0.496 e. The highest BCUT2D eigenvalue weighted by atomic mass is 32.1. The maximum atomic E-state index is 12.5. The standard InChI is InChI=1S/C31H34N4O6S/c1-30(2,3)40-28(36)32-21-13-11-18(12-14-21)15-20-17-23-25(33-27(42-23)34-29(37)41-31(4,5)6)24(26(20)39-7)19-9-8-10-22(16-19)35-38/h8-14,16-17H,15H2,1-7H3,(H,32,36)(H,33,34,37). The predicted octanol–water partition coefficient (Wildman–Crippen LogP) is 8.65. The Morgan fingerprint density at radius 3 is 2.14 bits per heavy atom. The quantitative estimate of drug-likeness (QED) is 0.206. The van der Waals surface area contributed by atoms with Gasteiger partial charge in [0.2, 0.25) is 0 Å². The molecule has 3 aromatic carbocycles. The van der Waals surface area contributed by atoms with E-state index in [1.807, 2.05) is 24.3 Å². The summed E-state index contributed by atoms with van der Waals surface area (Å²) < 4.78 is 17.5. The number of hydrogen-bond donors (Lipinski definition) is 2. The molecule has 0 atom stereocenters. The van der Waals surface area contributed by atoms with Crippen molar-refractivity contribution in [1.29, 1.82) is 0 Å². The molecule has 2 amide bonds.